The maximum Gasteiger partial charge on any atom is 0.311 e. The van der Waals surface area contributed by atoms with Crippen molar-refractivity contribution in [1.29, 1.82) is 0 Å². The molecule has 45 heavy (non-hydrogen) atoms. The Labute approximate surface area is 263 Å². The molecule has 3 aromatic carbocycles. The molecule has 0 aliphatic heterocycles. The molecule has 0 radical (unpaired) electrons. The minimum absolute atomic E-state index is 0.00607. The molecule has 0 saturated carbocycles. The number of amides is 3. The van der Waals surface area contributed by atoms with E-state index in [1.54, 1.807) is 26.8 Å². The fourth-order valence-corrected chi connectivity index (χ4v) is 4.16. The number of ether oxygens (including phenoxy) is 1. The van der Waals surface area contributed by atoms with Crippen molar-refractivity contribution >= 4 is 23.7 Å². The van der Waals surface area contributed by atoms with E-state index in [1.165, 1.54) is 12.1 Å². The lowest BCUT2D eigenvalue weighted by molar-refractivity contribution is -0.134. The zero-order chi connectivity index (χ0) is 33.1. The zero-order valence-corrected chi connectivity index (χ0v) is 25.8. The Bertz CT molecular complexity index is 1640. The molecule has 9 heteroatoms. The summed E-state index contributed by atoms with van der Waals surface area (Å²) in [4.78, 5) is 48.4. The van der Waals surface area contributed by atoms with Gasteiger partial charge in [0.1, 0.15) is 0 Å². The number of carbonyl (C=O) groups is 4. The molecular weight excluding hydrogens is 573 g/mol. The Morgan fingerprint density at radius 3 is 1.71 bits per heavy atom. The van der Waals surface area contributed by atoms with Gasteiger partial charge in [0.2, 0.25) is 17.7 Å². The summed E-state index contributed by atoms with van der Waals surface area (Å²) in [7, 11) is 0. The molecule has 0 spiro atoms. The lowest BCUT2D eigenvalue weighted by atomic mass is 10.0. The van der Waals surface area contributed by atoms with Crippen molar-refractivity contribution in [2.75, 3.05) is 0 Å². The van der Waals surface area contributed by atoms with E-state index in [1.807, 2.05) is 42.5 Å². The second kappa shape index (κ2) is 16.0. The highest BCUT2D eigenvalue weighted by atomic mass is 19.1. The number of hydrogen-bond donors (Lipinski definition) is 3. The van der Waals surface area contributed by atoms with Crippen LogP contribution in [0.15, 0.2) is 97.1 Å². The van der Waals surface area contributed by atoms with Crippen molar-refractivity contribution < 1.29 is 28.3 Å². The van der Waals surface area contributed by atoms with Gasteiger partial charge >= 0.3 is 5.97 Å². The monoisotopic (exact) mass is 611 g/mol. The topological polar surface area (TPSA) is 114 Å². The minimum atomic E-state index is -0.671. The number of benzene rings is 3. The molecule has 3 aromatic rings. The van der Waals surface area contributed by atoms with Crippen LogP contribution in [0.4, 0.5) is 4.39 Å². The molecule has 0 bridgehead atoms. The molecule has 8 nitrogen and oxygen atoms in total. The lowest BCUT2D eigenvalue weighted by Gasteiger charge is -2.14. The number of nitrogens with one attached hydrogen (secondary N) is 3. The van der Waals surface area contributed by atoms with Gasteiger partial charge < -0.3 is 20.7 Å². The molecule has 234 valence electrons. The van der Waals surface area contributed by atoms with Crippen LogP contribution < -0.4 is 20.7 Å². The fourth-order valence-electron chi connectivity index (χ4n) is 4.16. The van der Waals surface area contributed by atoms with Gasteiger partial charge in [0, 0.05) is 42.8 Å². The van der Waals surface area contributed by atoms with Crippen LogP contribution in [0.3, 0.4) is 0 Å². The number of aryl methyl sites for hydroxylation is 1. The molecule has 0 heterocycles. The Morgan fingerprint density at radius 2 is 1.16 bits per heavy atom. The van der Waals surface area contributed by atoms with Crippen molar-refractivity contribution in [3.63, 3.8) is 0 Å². The number of hydrogen-bond acceptors (Lipinski definition) is 5. The number of rotatable bonds is 14. The first-order valence-corrected chi connectivity index (χ1v) is 14.4. The van der Waals surface area contributed by atoms with Gasteiger partial charge in [-0.25, -0.2) is 4.39 Å². The van der Waals surface area contributed by atoms with Gasteiger partial charge in [-0.2, -0.15) is 0 Å². The van der Waals surface area contributed by atoms with Gasteiger partial charge in [0.25, 0.3) is 0 Å². The van der Waals surface area contributed by atoms with Crippen LogP contribution >= 0.6 is 0 Å². The summed E-state index contributed by atoms with van der Waals surface area (Å²) >= 11 is 0. The van der Waals surface area contributed by atoms with E-state index in [-0.39, 0.29) is 43.0 Å². The first-order chi connectivity index (χ1) is 21.3. The summed E-state index contributed by atoms with van der Waals surface area (Å²) in [5.74, 6) is -2.24. The van der Waals surface area contributed by atoms with Crippen molar-refractivity contribution in [3.05, 3.63) is 125 Å². The molecule has 0 fully saturated rings. The quantitative estimate of drug-likeness (QED) is 0.125. The predicted octanol–water partition coefficient (Wildman–Crippen LogP) is 5.61. The Kier molecular flexibility index (Phi) is 12.1. The first kappa shape index (κ1) is 34.2. The van der Waals surface area contributed by atoms with E-state index >= 15 is 0 Å². The number of carbonyl (C=O) groups excluding carboxylic acids is 4. The van der Waals surface area contributed by atoms with Crippen LogP contribution in [0.5, 0.6) is 5.75 Å². The molecule has 0 unspecified atom stereocenters. The van der Waals surface area contributed by atoms with E-state index < -0.39 is 11.8 Å². The molecule has 0 atom stereocenters. The maximum atomic E-state index is 14.9. The third-order valence-electron chi connectivity index (χ3n) is 6.83. The van der Waals surface area contributed by atoms with Gasteiger partial charge in [-0.15, -0.1) is 0 Å². The van der Waals surface area contributed by atoms with Crippen LogP contribution in [0.1, 0.15) is 49.4 Å². The lowest BCUT2D eigenvalue weighted by Crippen LogP contribution is -2.26. The molecule has 0 aliphatic rings. The number of halogens is 1. The van der Waals surface area contributed by atoms with Crippen molar-refractivity contribution in [1.82, 2.24) is 16.0 Å². The van der Waals surface area contributed by atoms with E-state index in [0.717, 1.165) is 27.8 Å². The maximum absolute atomic E-state index is 14.9. The van der Waals surface area contributed by atoms with Crippen molar-refractivity contribution in [3.8, 4) is 16.9 Å². The van der Waals surface area contributed by atoms with E-state index in [4.69, 9.17) is 4.74 Å². The normalized spacial score (nSPS) is 10.4. The fraction of sp³-hybridized carbons (Fsp3) is 0.222. The zero-order valence-electron chi connectivity index (χ0n) is 25.8. The van der Waals surface area contributed by atoms with E-state index in [0.29, 0.717) is 35.2 Å². The van der Waals surface area contributed by atoms with Crippen molar-refractivity contribution in [2.24, 2.45) is 0 Å². The van der Waals surface area contributed by atoms with Gasteiger partial charge in [-0.1, -0.05) is 68.3 Å². The second-order valence-electron chi connectivity index (χ2n) is 10.8. The van der Waals surface area contributed by atoms with Gasteiger partial charge in [0.15, 0.2) is 11.6 Å². The molecule has 0 aromatic heterocycles. The molecular formula is C36H38FN3O5. The summed E-state index contributed by atoms with van der Waals surface area (Å²) < 4.78 is 20.2. The van der Waals surface area contributed by atoms with E-state index in [2.05, 4.69) is 35.7 Å². The Balaban J connectivity index is 1.62. The average molecular weight is 612 g/mol. The van der Waals surface area contributed by atoms with Gasteiger partial charge in [-0.05, 0) is 72.7 Å². The van der Waals surface area contributed by atoms with Gasteiger partial charge in [-0.3, -0.25) is 19.2 Å². The molecule has 0 aliphatic carbocycles. The SMILES string of the molecule is C=C(C)C(=O)NCc1ccc(-c2ccc(OC(=O)CCc3ccc(CNC(=O)C(=C)C)c(CNC(=O)C(=C)C)c3)c(F)c2)cc1. The molecule has 3 N–H and O–H groups in total. The van der Waals surface area contributed by atoms with Crippen LogP contribution in [0, 0.1) is 5.82 Å². The van der Waals surface area contributed by atoms with Crippen LogP contribution in [-0.4, -0.2) is 23.7 Å². The third-order valence-corrected chi connectivity index (χ3v) is 6.83. The third kappa shape index (κ3) is 10.4. The van der Waals surface area contributed by atoms with Crippen LogP contribution in [0.25, 0.3) is 11.1 Å². The van der Waals surface area contributed by atoms with Crippen LogP contribution in [0.2, 0.25) is 0 Å². The minimum Gasteiger partial charge on any atom is -0.423 e. The highest BCUT2D eigenvalue weighted by molar-refractivity contribution is 5.93. The Morgan fingerprint density at radius 1 is 0.644 bits per heavy atom. The smallest absolute Gasteiger partial charge is 0.311 e. The highest BCUT2D eigenvalue weighted by Crippen LogP contribution is 2.26. The second-order valence-corrected chi connectivity index (χ2v) is 10.8. The molecule has 3 rings (SSSR count). The summed E-state index contributed by atoms with van der Waals surface area (Å²) in [5.41, 5.74) is 5.79. The van der Waals surface area contributed by atoms with E-state index in [9.17, 15) is 23.6 Å². The average Bonchev–Trinajstić information content (AvgIpc) is 3.01. The van der Waals surface area contributed by atoms with Crippen molar-refractivity contribution in [2.45, 2.75) is 53.2 Å². The first-order valence-electron chi connectivity index (χ1n) is 14.4. The predicted molar refractivity (Wildman–Crippen MR) is 172 cm³/mol. The Hall–Kier alpha value is -5.31. The molecule has 3 amide bonds. The van der Waals surface area contributed by atoms with Crippen LogP contribution in [-0.2, 0) is 45.2 Å². The summed E-state index contributed by atoms with van der Waals surface area (Å²) in [6, 6.07) is 17.2. The summed E-state index contributed by atoms with van der Waals surface area (Å²) in [6.45, 7) is 16.5. The number of esters is 1. The molecule has 0 saturated heterocycles. The summed E-state index contributed by atoms with van der Waals surface area (Å²) in [6.07, 6.45) is 0.311. The largest absolute Gasteiger partial charge is 0.423 e. The standard InChI is InChI=1S/C36H38FN3O5/c1-22(2)34(42)38-19-26-8-11-27(12-9-26)28-14-15-32(31(37)18-28)45-33(41)16-10-25-7-13-29(20-39-35(43)23(3)4)30(17-25)21-40-36(44)24(5)6/h7-9,11-15,17-18H,1,3,5,10,16,19-21H2,2,4,6H3,(H,38,42)(H,39,43)(H,40,44). The highest BCUT2D eigenvalue weighted by Gasteiger charge is 2.14. The van der Waals surface area contributed by atoms with Gasteiger partial charge in [0.05, 0.1) is 0 Å². The summed E-state index contributed by atoms with van der Waals surface area (Å²) in [5, 5.41) is 8.34.